The van der Waals surface area contributed by atoms with Crippen LogP contribution in [-0.2, 0) is 9.59 Å². The average molecular weight is 186 g/mol. The van der Waals surface area contributed by atoms with Crippen molar-refractivity contribution in [3.8, 4) is 0 Å². The number of carboxylic acids is 1. The Morgan fingerprint density at radius 3 is 2.62 bits per heavy atom. The number of hydrogen-bond acceptors (Lipinski definition) is 3. The van der Waals surface area contributed by atoms with Gasteiger partial charge in [0.25, 0.3) is 0 Å². The van der Waals surface area contributed by atoms with Gasteiger partial charge in [-0.05, 0) is 6.42 Å². The van der Waals surface area contributed by atoms with Crippen LogP contribution in [0.25, 0.3) is 0 Å². The minimum Gasteiger partial charge on any atom is -0.481 e. The average Bonchev–Trinajstić information content (AvgIpc) is 1.95. The minimum absolute atomic E-state index is 0.248. The minimum atomic E-state index is -0.838. The van der Waals surface area contributed by atoms with Crippen LogP contribution in [0.5, 0.6) is 0 Å². The van der Waals surface area contributed by atoms with Gasteiger partial charge in [-0.25, -0.2) is 0 Å². The van der Waals surface area contributed by atoms with E-state index in [0.717, 1.165) is 13.0 Å². The van der Waals surface area contributed by atoms with Crippen LogP contribution in [0.2, 0.25) is 0 Å². The van der Waals surface area contributed by atoms with Gasteiger partial charge >= 0.3 is 5.97 Å². The summed E-state index contributed by atoms with van der Waals surface area (Å²) in [4.78, 5) is 23.1. The van der Waals surface area contributed by atoms with Crippen molar-refractivity contribution in [2.45, 2.75) is 19.4 Å². The first-order chi connectivity index (χ1) is 6.02. The molecule has 3 N–H and O–H groups in total. The van der Waals surface area contributed by atoms with Crippen molar-refractivity contribution >= 4 is 11.9 Å². The molecule has 1 aliphatic heterocycles. The van der Waals surface area contributed by atoms with Crippen LogP contribution in [-0.4, -0.2) is 41.0 Å². The molecule has 2 unspecified atom stereocenters. The van der Waals surface area contributed by atoms with Gasteiger partial charge in [0, 0.05) is 13.1 Å². The van der Waals surface area contributed by atoms with Crippen LogP contribution in [0.4, 0.5) is 0 Å². The Hall–Kier alpha value is -1.10. The number of likely N-dealkylation sites (tertiary alicyclic amines) is 1. The van der Waals surface area contributed by atoms with Crippen LogP contribution in [0, 0.1) is 5.92 Å². The first kappa shape index (κ1) is 9.98. The lowest BCUT2D eigenvalue weighted by atomic mass is 10.00. The van der Waals surface area contributed by atoms with Crippen LogP contribution in [0.1, 0.15) is 13.3 Å². The van der Waals surface area contributed by atoms with E-state index in [1.807, 2.05) is 0 Å². The number of nitrogens with two attached hydrogens (primary N) is 1. The molecule has 0 saturated carbocycles. The predicted octanol–water partition coefficient (Wildman–Crippen LogP) is -0.733. The number of primary amides is 1. The number of amides is 1. The molecule has 0 aromatic rings. The van der Waals surface area contributed by atoms with Crippen LogP contribution in [0.3, 0.4) is 0 Å². The molecule has 1 rings (SSSR count). The fraction of sp³-hybridized carbons (Fsp3) is 0.750. The van der Waals surface area contributed by atoms with Crippen molar-refractivity contribution < 1.29 is 14.7 Å². The highest BCUT2D eigenvalue weighted by atomic mass is 16.4. The molecule has 74 valence electrons. The number of aliphatic carboxylic acids is 1. The molecule has 0 radical (unpaired) electrons. The van der Waals surface area contributed by atoms with Crippen LogP contribution < -0.4 is 5.73 Å². The molecule has 13 heavy (non-hydrogen) atoms. The van der Waals surface area contributed by atoms with E-state index in [2.05, 4.69) is 0 Å². The Morgan fingerprint density at radius 2 is 2.31 bits per heavy atom. The van der Waals surface area contributed by atoms with E-state index < -0.39 is 11.9 Å². The number of carboxylic acid groups (broad SMARTS) is 1. The van der Waals surface area contributed by atoms with Gasteiger partial charge in [0.1, 0.15) is 0 Å². The highest BCUT2D eigenvalue weighted by molar-refractivity contribution is 5.81. The predicted molar refractivity (Wildman–Crippen MR) is 46.0 cm³/mol. The van der Waals surface area contributed by atoms with Gasteiger partial charge in [0.15, 0.2) is 0 Å². The molecule has 0 aliphatic carbocycles. The van der Waals surface area contributed by atoms with E-state index in [9.17, 15) is 9.59 Å². The highest BCUT2D eigenvalue weighted by Gasteiger charge is 2.34. The lowest BCUT2D eigenvalue weighted by Gasteiger charge is -2.39. The molecule has 2 atom stereocenters. The maximum atomic E-state index is 10.8. The summed E-state index contributed by atoms with van der Waals surface area (Å²) in [6.45, 7) is 2.80. The molecule has 1 amide bonds. The Kier molecular flexibility index (Phi) is 2.87. The summed E-state index contributed by atoms with van der Waals surface area (Å²) in [6, 6.07) is -0.248. The first-order valence-electron chi connectivity index (χ1n) is 4.28. The topological polar surface area (TPSA) is 83.6 Å². The molecule has 0 aromatic heterocycles. The van der Waals surface area contributed by atoms with Crippen molar-refractivity contribution in [3.63, 3.8) is 0 Å². The second-order valence-electron chi connectivity index (χ2n) is 3.44. The Labute approximate surface area is 76.5 Å². The summed E-state index contributed by atoms with van der Waals surface area (Å²) < 4.78 is 0. The number of rotatable bonds is 4. The third-order valence-electron chi connectivity index (χ3n) is 2.39. The van der Waals surface area contributed by atoms with Crippen molar-refractivity contribution in [2.24, 2.45) is 11.7 Å². The third kappa shape index (κ3) is 2.18. The summed E-state index contributed by atoms with van der Waals surface area (Å²) >= 11 is 0. The zero-order valence-corrected chi connectivity index (χ0v) is 7.56. The molecule has 0 aromatic carbocycles. The lowest BCUT2D eigenvalue weighted by Crippen LogP contribution is -2.56. The fourth-order valence-electron chi connectivity index (χ4n) is 1.41. The summed E-state index contributed by atoms with van der Waals surface area (Å²) in [5.41, 5.74) is 5.11. The molecule has 0 spiro atoms. The Balaban J connectivity index is 2.38. The van der Waals surface area contributed by atoms with E-state index in [4.69, 9.17) is 10.8 Å². The van der Waals surface area contributed by atoms with Crippen molar-refractivity contribution in [1.82, 2.24) is 4.90 Å². The summed E-state index contributed by atoms with van der Waals surface area (Å²) in [6.07, 6.45) is 0.752. The third-order valence-corrected chi connectivity index (χ3v) is 2.39. The molecule has 0 bridgehead atoms. The van der Waals surface area contributed by atoms with Gasteiger partial charge in [-0.1, -0.05) is 6.92 Å². The Bertz CT molecular complexity index is 229. The standard InChI is InChI=1S/C8H14N2O3/c1-5(8(12)13)4-10-3-2-6(10)7(9)11/h5-6H,2-4H2,1H3,(H2,9,11)(H,12,13). The molecule has 5 heteroatoms. The second kappa shape index (κ2) is 3.74. The maximum Gasteiger partial charge on any atom is 0.307 e. The molecule has 1 fully saturated rings. The fourth-order valence-corrected chi connectivity index (χ4v) is 1.41. The SMILES string of the molecule is CC(CN1CCC1C(N)=O)C(=O)O. The van der Waals surface area contributed by atoms with Crippen LogP contribution >= 0.6 is 0 Å². The zero-order chi connectivity index (χ0) is 10.0. The molecule has 1 saturated heterocycles. The summed E-state index contributed by atoms with van der Waals surface area (Å²) in [7, 11) is 0. The maximum absolute atomic E-state index is 10.8. The van der Waals surface area contributed by atoms with Crippen molar-refractivity contribution in [2.75, 3.05) is 13.1 Å². The molecule has 1 heterocycles. The van der Waals surface area contributed by atoms with Gasteiger partial charge in [-0.2, -0.15) is 0 Å². The number of hydrogen-bond donors (Lipinski definition) is 2. The Morgan fingerprint density at radius 1 is 1.69 bits per heavy atom. The van der Waals surface area contributed by atoms with Gasteiger partial charge in [-0.15, -0.1) is 0 Å². The monoisotopic (exact) mass is 186 g/mol. The quantitative estimate of drug-likeness (QED) is 0.606. The van der Waals surface area contributed by atoms with Gasteiger partial charge in [-0.3, -0.25) is 14.5 Å². The normalized spacial score (nSPS) is 24.8. The highest BCUT2D eigenvalue weighted by Crippen LogP contribution is 2.18. The molecular weight excluding hydrogens is 172 g/mol. The first-order valence-corrected chi connectivity index (χ1v) is 4.28. The van der Waals surface area contributed by atoms with E-state index >= 15 is 0 Å². The van der Waals surface area contributed by atoms with E-state index in [1.54, 1.807) is 11.8 Å². The van der Waals surface area contributed by atoms with Crippen molar-refractivity contribution in [1.29, 1.82) is 0 Å². The number of carbonyl (C=O) groups is 2. The van der Waals surface area contributed by atoms with E-state index in [-0.39, 0.29) is 11.9 Å². The van der Waals surface area contributed by atoms with Gasteiger partial charge in [0.2, 0.25) is 5.91 Å². The largest absolute Gasteiger partial charge is 0.481 e. The summed E-state index contributed by atoms with van der Waals surface area (Å²) in [5.74, 6) is -1.64. The van der Waals surface area contributed by atoms with Gasteiger partial charge < -0.3 is 10.8 Å². The smallest absolute Gasteiger partial charge is 0.307 e. The second-order valence-corrected chi connectivity index (χ2v) is 3.44. The lowest BCUT2D eigenvalue weighted by molar-refractivity contribution is -0.144. The van der Waals surface area contributed by atoms with E-state index in [1.165, 1.54) is 0 Å². The summed E-state index contributed by atoms with van der Waals surface area (Å²) in [5, 5.41) is 8.63. The molecular formula is C8H14N2O3. The van der Waals surface area contributed by atoms with E-state index in [0.29, 0.717) is 6.54 Å². The van der Waals surface area contributed by atoms with Gasteiger partial charge in [0.05, 0.1) is 12.0 Å². The molecule has 1 aliphatic rings. The van der Waals surface area contributed by atoms with Crippen LogP contribution in [0.15, 0.2) is 0 Å². The zero-order valence-electron chi connectivity index (χ0n) is 7.56. The number of carbonyl (C=O) groups excluding carboxylic acids is 1. The number of nitrogens with zero attached hydrogens (tertiary/aromatic N) is 1. The van der Waals surface area contributed by atoms with Crippen molar-refractivity contribution in [3.05, 3.63) is 0 Å². The molecule has 5 nitrogen and oxygen atoms in total.